The maximum Gasteiger partial charge on any atom is 0.236 e. The number of amides is 1. The first-order valence-corrected chi connectivity index (χ1v) is 12.0. The molecule has 3 aromatic heterocycles. The summed E-state index contributed by atoms with van der Waals surface area (Å²) in [7, 11) is 0. The predicted octanol–water partition coefficient (Wildman–Crippen LogP) is 3.61. The van der Waals surface area contributed by atoms with Crippen molar-refractivity contribution < 1.29 is 18.8 Å². The quantitative estimate of drug-likeness (QED) is 0.358. The summed E-state index contributed by atoms with van der Waals surface area (Å²) in [5.41, 5.74) is 0.796. The number of nitrogens with one attached hydrogen (secondary N) is 1. The number of fused-ring (bicyclic) bond motifs is 1. The number of nitrogens with zero attached hydrogens (tertiary/aromatic N) is 5. The third-order valence-electron chi connectivity index (χ3n) is 5.38. The highest BCUT2D eigenvalue weighted by Gasteiger charge is 2.22. The second kappa shape index (κ2) is 10.2. The van der Waals surface area contributed by atoms with Crippen molar-refractivity contribution >= 4 is 34.4 Å². The Balaban J connectivity index is 1.29. The number of hydrogen-bond acceptors (Lipinski definition) is 9. The van der Waals surface area contributed by atoms with E-state index >= 15 is 0 Å². The zero-order chi connectivity index (χ0) is 23.3. The lowest BCUT2D eigenvalue weighted by Gasteiger charge is -2.15. The van der Waals surface area contributed by atoms with E-state index in [0.29, 0.717) is 34.9 Å². The number of hydrogen-bond donors (Lipinski definition) is 1. The SMILES string of the molecule is Cc1cc(NC(=O)CSc2nnc(COc3cccc4cccnc34)n2C[C@H]2CCCO2)no1. The average molecular weight is 481 g/mol. The van der Waals surface area contributed by atoms with E-state index in [1.165, 1.54) is 11.8 Å². The van der Waals surface area contributed by atoms with Gasteiger partial charge in [-0.2, -0.15) is 0 Å². The summed E-state index contributed by atoms with van der Waals surface area (Å²) in [5, 5.41) is 16.8. The molecule has 10 nitrogen and oxygen atoms in total. The summed E-state index contributed by atoms with van der Waals surface area (Å²) >= 11 is 1.31. The van der Waals surface area contributed by atoms with Crippen LogP contribution >= 0.6 is 11.8 Å². The summed E-state index contributed by atoms with van der Waals surface area (Å²) in [5.74, 6) is 2.32. The molecule has 0 spiro atoms. The van der Waals surface area contributed by atoms with Crippen LogP contribution in [-0.2, 0) is 22.7 Å². The number of pyridine rings is 1. The van der Waals surface area contributed by atoms with E-state index in [9.17, 15) is 4.79 Å². The number of aryl methyl sites for hydroxylation is 1. The highest BCUT2D eigenvalue weighted by atomic mass is 32.2. The summed E-state index contributed by atoms with van der Waals surface area (Å²) < 4.78 is 18.9. The lowest BCUT2D eigenvalue weighted by Crippen LogP contribution is -2.19. The maximum atomic E-state index is 12.4. The number of ether oxygens (including phenoxy) is 2. The first kappa shape index (κ1) is 22.4. The van der Waals surface area contributed by atoms with Crippen LogP contribution in [0, 0.1) is 6.92 Å². The van der Waals surface area contributed by atoms with E-state index in [1.807, 2.05) is 34.9 Å². The van der Waals surface area contributed by atoms with Crippen molar-refractivity contribution in [1.82, 2.24) is 24.9 Å². The van der Waals surface area contributed by atoms with E-state index < -0.39 is 0 Å². The molecule has 1 fully saturated rings. The number of carbonyl (C=O) groups is 1. The van der Waals surface area contributed by atoms with Crippen molar-refractivity contribution in [3.8, 4) is 5.75 Å². The molecular weight excluding hydrogens is 456 g/mol. The van der Waals surface area contributed by atoms with Gasteiger partial charge < -0.3 is 23.9 Å². The Bertz CT molecular complexity index is 1280. The molecule has 11 heteroatoms. The topological polar surface area (TPSA) is 117 Å². The van der Waals surface area contributed by atoms with E-state index in [1.54, 1.807) is 19.2 Å². The lowest BCUT2D eigenvalue weighted by atomic mass is 10.2. The largest absolute Gasteiger partial charge is 0.483 e. The fraction of sp³-hybridized carbons (Fsp3) is 0.348. The van der Waals surface area contributed by atoms with Gasteiger partial charge in [0, 0.05) is 24.3 Å². The standard InChI is InChI=1S/C23H24N6O4S/c1-15-11-19(28-33-15)25-21(30)14-34-23-27-26-20(29(23)12-17-7-4-10-31-17)13-32-18-8-2-5-16-6-3-9-24-22(16)18/h2-3,5-6,8-9,11,17H,4,7,10,12-14H2,1H3,(H,25,28,30)/t17-/m1/s1. The predicted molar refractivity (Wildman–Crippen MR) is 126 cm³/mol. The molecule has 1 aliphatic rings. The molecule has 1 N–H and O–H groups in total. The van der Waals surface area contributed by atoms with Gasteiger partial charge in [0.2, 0.25) is 5.91 Å². The zero-order valence-corrected chi connectivity index (χ0v) is 19.5. The first-order chi connectivity index (χ1) is 16.7. The number of thioether (sulfide) groups is 1. The molecule has 0 radical (unpaired) electrons. The molecule has 1 saturated heterocycles. The van der Waals surface area contributed by atoms with Gasteiger partial charge in [0.25, 0.3) is 0 Å². The van der Waals surface area contributed by atoms with Crippen molar-refractivity contribution in [2.45, 2.75) is 44.2 Å². The summed E-state index contributed by atoms with van der Waals surface area (Å²) in [6.07, 6.45) is 3.83. The van der Waals surface area contributed by atoms with Gasteiger partial charge in [-0.1, -0.05) is 35.1 Å². The van der Waals surface area contributed by atoms with Crippen LogP contribution in [0.15, 0.2) is 52.3 Å². The summed E-state index contributed by atoms with van der Waals surface area (Å²) in [6.45, 7) is 3.34. The molecular formula is C23H24N6O4S. The zero-order valence-electron chi connectivity index (χ0n) is 18.6. The van der Waals surface area contributed by atoms with Crippen molar-refractivity contribution in [2.75, 3.05) is 17.7 Å². The second-order valence-electron chi connectivity index (χ2n) is 7.92. The molecule has 1 amide bonds. The third kappa shape index (κ3) is 5.20. The Kier molecular flexibility index (Phi) is 6.72. The molecule has 34 heavy (non-hydrogen) atoms. The normalized spacial score (nSPS) is 15.6. The highest BCUT2D eigenvalue weighted by molar-refractivity contribution is 7.99. The van der Waals surface area contributed by atoms with Crippen LogP contribution < -0.4 is 10.1 Å². The molecule has 4 aromatic rings. The van der Waals surface area contributed by atoms with Crippen LogP contribution in [0.5, 0.6) is 5.75 Å². The van der Waals surface area contributed by atoms with E-state index in [4.69, 9.17) is 14.0 Å². The van der Waals surface area contributed by atoms with Gasteiger partial charge in [-0.15, -0.1) is 10.2 Å². The highest BCUT2D eigenvalue weighted by Crippen LogP contribution is 2.26. The minimum absolute atomic E-state index is 0.0836. The number of rotatable bonds is 9. The molecule has 0 aliphatic carbocycles. The monoisotopic (exact) mass is 480 g/mol. The fourth-order valence-electron chi connectivity index (χ4n) is 3.78. The Morgan fingerprint density at radius 1 is 1.29 bits per heavy atom. The Morgan fingerprint density at radius 2 is 2.21 bits per heavy atom. The van der Waals surface area contributed by atoms with Gasteiger partial charge >= 0.3 is 0 Å². The average Bonchev–Trinajstić information content (AvgIpc) is 3.59. The van der Waals surface area contributed by atoms with Crippen LogP contribution in [0.4, 0.5) is 5.82 Å². The van der Waals surface area contributed by atoms with Gasteiger partial charge in [-0.25, -0.2) is 0 Å². The molecule has 0 bridgehead atoms. The number of para-hydroxylation sites is 1. The molecule has 5 rings (SSSR count). The van der Waals surface area contributed by atoms with Gasteiger partial charge in [0.1, 0.15) is 23.6 Å². The molecule has 4 heterocycles. The molecule has 1 aliphatic heterocycles. The van der Waals surface area contributed by atoms with E-state index in [-0.39, 0.29) is 24.4 Å². The lowest BCUT2D eigenvalue weighted by molar-refractivity contribution is -0.113. The minimum Gasteiger partial charge on any atom is -0.483 e. The van der Waals surface area contributed by atoms with Crippen molar-refractivity contribution in [3.05, 3.63) is 54.2 Å². The van der Waals surface area contributed by atoms with Gasteiger partial charge in [-0.3, -0.25) is 9.78 Å². The maximum absolute atomic E-state index is 12.4. The van der Waals surface area contributed by atoms with Crippen molar-refractivity contribution in [3.63, 3.8) is 0 Å². The third-order valence-corrected chi connectivity index (χ3v) is 6.35. The van der Waals surface area contributed by atoms with Crippen LogP contribution in [0.2, 0.25) is 0 Å². The van der Waals surface area contributed by atoms with Crippen molar-refractivity contribution in [2.24, 2.45) is 0 Å². The van der Waals surface area contributed by atoms with Gasteiger partial charge in [0.05, 0.1) is 18.4 Å². The number of benzene rings is 1. The second-order valence-corrected chi connectivity index (χ2v) is 8.87. The van der Waals surface area contributed by atoms with Crippen LogP contribution in [-0.4, -0.2) is 49.3 Å². The molecule has 0 saturated carbocycles. The van der Waals surface area contributed by atoms with Crippen LogP contribution in [0.3, 0.4) is 0 Å². The van der Waals surface area contributed by atoms with Crippen LogP contribution in [0.25, 0.3) is 10.9 Å². The minimum atomic E-state index is -0.204. The van der Waals surface area contributed by atoms with Gasteiger partial charge in [-0.05, 0) is 31.9 Å². The Morgan fingerprint density at radius 3 is 3.03 bits per heavy atom. The van der Waals surface area contributed by atoms with E-state index in [2.05, 4.69) is 25.7 Å². The number of aromatic nitrogens is 5. The van der Waals surface area contributed by atoms with Gasteiger partial charge in [0.15, 0.2) is 16.8 Å². The molecule has 1 aromatic carbocycles. The smallest absolute Gasteiger partial charge is 0.236 e. The Labute approximate surface area is 200 Å². The van der Waals surface area contributed by atoms with E-state index in [0.717, 1.165) is 30.4 Å². The fourth-order valence-corrected chi connectivity index (χ4v) is 4.54. The van der Waals surface area contributed by atoms with Crippen LogP contribution in [0.1, 0.15) is 24.4 Å². The summed E-state index contributed by atoms with van der Waals surface area (Å²) in [4.78, 5) is 16.8. The molecule has 176 valence electrons. The number of anilines is 1. The molecule has 1 atom stereocenters. The molecule has 0 unspecified atom stereocenters. The van der Waals surface area contributed by atoms with Crippen molar-refractivity contribution in [1.29, 1.82) is 0 Å². The Hall–Kier alpha value is -3.44. The summed E-state index contributed by atoms with van der Waals surface area (Å²) in [6, 6.07) is 11.4. The first-order valence-electron chi connectivity index (χ1n) is 11.0. The number of carbonyl (C=O) groups excluding carboxylic acids is 1.